The Kier molecular flexibility index (Phi) is 3.88. The van der Waals surface area contributed by atoms with Crippen molar-refractivity contribution in [2.24, 2.45) is 0 Å². The highest BCUT2D eigenvalue weighted by Crippen LogP contribution is 2.06. The monoisotopic (exact) mass is 201 g/mol. The summed E-state index contributed by atoms with van der Waals surface area (Å²) >= 11 is 0. The number of carbonyl (C=O) groups is 2. The van der Waals surface area contributed by atoms with E-state index in [0.29, 0.717) is 13.0 Å². The van der Waals surface area contributed by atoms with Crippen LogP contribution in [0.5, 0.6) is 0 Å². The Morgan fingerprint density at radius 2 is 2.50 bits per heavy atom. The fourth-order valence-corrected chi connectivity index (χ4v) is 1.22. The highest BCUT2D eigenvalue weighted by molar-refractivity contribution is 5.85. The minimum atomic E-state index is -0.466. The van der Waals surface area contributed by atoms with Crippen LogP contribution in [-0.4, -0.2) is 37.7 Å². The second kappa shape index (κ2) is 4.95. The van der Waals surface area contributed by atoms with Crippen LogP contribution in [0.25, 0.3) is 0 Å². The van der Waals surface area contributed by atoms with E-state index in [9.17, 15) is 9.59 Å². The number of esters is 1. The van der Waals surface area contributed by atoms with E-state index in [2.05, 4.69) is 5.32 Å². The molecule has 0 aromatic carbocycles. The Bertz CT molecular complexity index is 229. The van der Waals surface area contributed by atoms with Gasteiger partial charge in [-0.3, -0.25) is 4.79 Å². The van der Waals surface area contributed by atoms with E-state index in [1.54, 1.807) is 14.0 Å². The molecule has 0 aromatic rings. The van der Waals surface area contributed by atoms with Crippen LogP contribution in [0.1, 0.15) is 19.8 Å². The lowest BCUT2D eigenvalue weighted by Gasteiger charge is -2.11. The van der Waals surface area contributed by atoms with E-state index in [0.717, 1.165) is 0 Å². The maximum atomic E-state index is 11.3. The fourth-order valence-electron chi connectivity index (χ4n) is 1.22. The van der Waals surface area contributed by atoms with Gasteiger partial charge in [0.05, 0.1) is 19.1 Å². The van der Waals surface area contributed by atoms with Gasteiger partial charge in [0, 0.05) is 13.5 Å². The molecule has 0 aromatic heterocycles. The van der Waals surface area contributed by atoms with E-state index >= 15 is 0 Å². The van der Waals surface area contributed by atoms with E-state index in [1.807, 2.05) is 0 Å². The average molecular weight is 201 g/mol. The van der Waals surface area contributed by atoms with Crippen LogP contribution >= 0.6 is 0 Å². The molecule has 1 amide bonds. The molecule has 80 valence electrons. The number of rotatable bonds is 4. The lowest BCUT2D eigenvalue weighted by Crippen LogP contribution is -2.39. The summed E-state index contributed by atoms with van der Waals surface area (Å²) in [4.78, 5) is 22.3. The number of hydrogen-bond donors (Lipinski definition) is 1. The number of methoxy groups -OCH3 is 1. The third-order valence-corrected chi connectivity index (χ3v) is 2.15. The van der Waals surface area contributed by atoms with Gasteiger partial charge in [-0.25, -0.2) is 4.79 Å². The molecule has 0 bridgehead atoms. The third kappa shape index (κ3) is 2.99. The van der Waals surface area contributed by atoms with Gasteiger partial charge in [0.2, 0.25) is 5.91 Å². The summed E-state index contributed by atoms with van der Waals surface area (Å²) in [6.45, 7) is 2.19. The van der Waals surface area contributed by atoms with Gasteiger partial charge in [0.15, 0.2) is 0 Å². The zero-order valence-corrected chi connectivity index (χ0v) is 8.41. The Morgan fingerprint density at radius 3 is 3.00 bits per heavy atom. The summed E-state index contributed by atoms with van der Waals surface area (Å²) in [5, 5.41) is 2.60. The standard InChI is InChI=1S/C9H15NO4/c1-6(13-2)5-8(11)10-7-3-4-14-9(7)12/h6-7H,3-5H2,1-2H3,(H,10,11)/t6?,7-/m0/s1. The van der Waals surface area contributed by atoms with Crippen LogP contribution < -0.4 is 5.32 Å². The van der Waals surface area contributed by atoms with Crippen molar-refractivity contribution in [3.05, 3.63) is 0 Å². The molecule has 1 aliphatic heterocycles. The number of cyclic esters (lactones) is 1. The number of amides is 1. The smallest absolute Gasteiger partial charge is 0.328 e. The van der Waals surface area contributed by atoms with Gasteiger partial charge < -0.3 is 14.8 Å². The quantitative estimate of drug-likeness (QED) is 0.642. The summed E-state index contributed by atoms with van der Waals surface area (Å²) in [5.74, 6) is -0.522. The van der Waals surface area contributed by atoms with Crippen molar-refractivity contribution < 1.29 is 19.1 Å². The molecule has 1 fully saturated rings. The van der Waals surface area contributed by atoms with Crippen LogP contribution in [-0.2, 0) is 19.1 Å². The zero-order valence-electron chi connectivity index (χ0n) is 8.41. The van der Waals surface area contributed by atoms with Crippen molar-refractivity contribution >= 4 is 11.9 Å². The van der Waals surface area contributed by atoms with Gasteiger partial charge in [0.1, 0.15) is 6.04 Å². The molecule has 0 aliphatic carbocycles. The molecule has 0 spiro atoms. The molecule has 2 atom stereocenters. The minimum absolute atomic E-state index is 0.132. The molecule has 1 rings (SSSR count). The second-order valence-electron chi connectivity index (χ2n) is 3.33. The topological polar surface area (TPSA) is 64.6 Å². The first-order valence-electron chi connectivity index (χ1n) is 4.62. The number of hydrogen-bond acceptors (Lipinski definition) is 4. The van der Waals surface area contributed by atoms with Gasteiger partial charge in [-0.2, -0.15) is 0 Å². The van der Waals surface area contributed by atoms with E-state index in [-0.39, 0.29) is 24.4 Å². The van der Waals surface area contributed by atoms with Crippen molar-refractivity contribution in [1.29, 1.82) is 0 Å². The SMILES string of the molecule is COC(C)CC(=O)N[C@H]1CCOC1=O. The molecule has 1 heterocycles. The third-order valence-electron chi connectivity index (χ3n) is 2.15. The maximum Gasteiger partial charge on any atom is 0.328 e. The Hall–Kier alpha value is -1.10. The first kappa shape index (κ1) is 11.0. The van der Waals surface area contributed by atoms with Crippen molar-refractivity contribution in [1.82, 2.24) is 5.32 Å². The number of ether oxygens (including phenoxy) is 2. The lowest BCUT2D eigenvalue weighted by molar-refractivity contribution is -0.141. The first-order valence-corrected chi connectivity index (χ1v) is 4.62. The Morgan fingerprint density at radius 1 is 1.79 bits per heavy atom. The minimum Gasteiger partial charge on any atom is -0.464 e. The first-order chi connectivity index (χ1) is 6.63. The molecule has 0 radical (unpaired) electrons. The largest absolute Gasteiger partial charge is 0.464 e. The Labute approximate surface area is 82.8 Å². The molecule has 1 aliphatic rings. The second-order valence-corrected chi connectivity index (χ2v) is 3.33. The van der Waals surface area contributed by atoms with Crippen molar-refractivity contribution in [3.63, 3.8) is 0 Å². The van der Waals surface area contributed by atoms with Crippen molar-refractivity contribution in [3.8, 4) is 0 Å². The highest BCUT2D eigenvalue weighted by atomic mass is 16.5. The summed E-state index contributed by atoms with van der Waals surface area (Å²) < 4.78 is 9.65. The number of nitrogens with one attached hydrogen (secondary N) is 1. The maximum absolute atomic E-state index is 11.3. The zero-order chi connectivity index (χ0) is 10.6. The van der Waals surface area contributed by atoms with Crippen LogP contribution in [0, 0.1) is 0 Å². The van der Waals surface area contributed by atoms with Gasteiger partial charge in [-0.05, 0) is 6.92 Å². The molecular weight excluding hydrogens is 186 g/mol. The predicted molar refractivity (Wildman–Crippen MR) is 48.6 cm³/mol. The molecule has 14 heavy (non-hydrogen) atoms. The molecule has 5 nitrogen and oxygen atoms in total. The molecule has 1 unspecified atom stereocenters. The van der Waals surface area contributed by atoms with Gasteiger partial charge in [-0.15, -0.1) is 0 Å². The van der Waals surface area contributed by atoms with Gasteiger partial charge in [0.25, 0.3) is 0 Å². The van der Waals surface area contributed by atoms with Crippen molar-refractivity contribution in [2.45, 2.75) is 31.9 Å². The number of carbonyl (C=O) groups excluding carboxylic acids is 2. The summed E-state index contributed by atoms with van der Waals surface area (Å²) in [6, 6.07) is -0.466. The van der Waals surface area contributed by atoms with Crippen LogP contribution in [0.15, 0.2) is 0 Å². The normalized spacial score (nSPS) is 23.0. The summed E-state index contributed by atoms with van der Waals surface area (Å²) in [6.07, 6.45) is 0.694. The summed E-state index contributed by atoms with van der Waals surface area (Å²) in [7, 11) is 1.54. The van der Waals surface area contributed by atoms with E-state index in [1.165, 1.54) is 0 Å². The van der Waals surface area contributed by atoms with Crippen LogP contribution in [0.4, 0.5) is 0 Å². The Balaban J connectivity index is 2.29. The molecule has 5 heteroatoms. The lowest BCUT2D eigenvalue weighted by atomic mass is 10.2. The average Bonchev–Trinajstić information content (AvgIpc) is 2.51. The van der Waals surface area contributed by atoms with Gasteiger partial charge >= 0.3 is 5.97 Å². The molecule has 0 saturated carbocycles. The summed E-state index contributed by atoms with van der Waals surface area (Å²) in [5.41, 5.74) is 0. The predicted octanol–water partition coefficient (Wildman–Crippen LogP) is -0.157. The van der Waals surface area contributed by atoms with E-state index in [4.69, 9.17) is 9.47 Å². The molecular formula is C9H15NO4. The van der Waals surface area contributed by atoms with Crippen molar-refractivity contribution in [2.75, 3.05) is 13.7 Å². The molecule has 1 saturated heterocycles. The van der Waals surface area contributed by atoms with E-state index < -0.39 is 6.04 Å². The fraction of sp³-hybridized carbons (Fsp3) is 0.778. The highest BCUT2D eigenvalue weighted by Gasteiger charge is 2.27. The van der Waals surface area contributed by atoms with Crippen LogP contribution in [0.2, 0.25) is 0 Å². The van der Waals surface area contributed by atoms with Gasteiger partial charge in [-0.1, -0.05) is 0 Å². The molecule has 1 N–H and O–H groups in total. The van der Waals surface area contributed by atoms with Crippen LogP contribution in [0.3, 0.4) is 0 Å².